The number of halogens is 1. The first-order chi connectivity index (χ1) is 13.4. The van der Waals surface area contributed by atoms with Crippen LogP contribution in [-0.4, -0.2) is 37.4 Å². The van der Waals surface area contributed by atoms with E-state index in [0.29, 0.717) is 33.6 Å². The average Bonchev–Trinajstić information content (AvgIpc) is 3.36. The fourth-order valence-electron chi connectivity index (χ4n) is 2.76. The van der Waals surface area contributed by atoms with Crippen molar-refractivity contribution in [2.75, 3.05) is 7.05 Å². The molecule has 1 amide bonds. The number of benzene rings is 1. The number of carbonyl (C=O) groups excluding carboxylic acids is 1. The topological polar surface area (TPSA) is 76.5 Å². The Kier molecular flexibility index (Phi) is 4.68. The predicted molar refractivity (Wildman–Crippen MR) is 103 cm³/mol. The van der Waals surface area contributed by atoms with Crippen LogP contribution in [0.5, 0.6) is 0 Å². The zero-order valence-corrected chi connectivity index (χ0v) is 16.4. The van der Waals surface area contributed by atoms with Gasteiger partial charge in [0, 0.05) is 30.1 Å². The molecule has 0 N–H and O–H groups in total. The van der Waals surface area contributed by atoms with Gasteiger partial charge in [-0.15, -0.1) is 11.3 Å². The first-order valence-electron chi connectivity index (χ1n) is 8.73. The van der Waals surface area contributed by atoms with E-state index in [9.17, 15) is 9.18 Å². The minimum atomic E-state index is -0.329. The summed E-state index contributed by atoms with van der Waals surface area (Å²) in [6.45, 7) is 4.16. The zero-order chi connectivity index (χ0) is 19.8. The lowest BCUT2D eigenvalue weighted by Crippen LogP contribution is -2.27. The zero-order valence-electron chi connectivity index (χ0n) is 15.6. The number of nitrogens with zero attached hydrogens (tertiary/aromatic N) is 5. The Hall–Kier alpha value is -3.07. The van der Waals surface area contributed by atoms with Gasteiger partial charge < -0.3 is 9.42 Å². The van der Waals surface area contributed by atoms with Crippen molar-refractivity contribution in [3.05, 3.63) is 59.1 Å². The maximum Gasteiger partial charge on any atom is 0.271 e. The summed E-state index contributed by atoms with van der Waals surface area (Å²) < 4.78 is 20.4. The van der Waals surface area contributed by atoms with Gasteiger partial charge in [0.1, 0.15) is 18.1 Å². The summed E-state index contributed by atoms with van der Waals surface area (Å²) in [6.07, 6.45) is 1.74. The summed E-state index contributed by atoms with van der Waals surface area (Å²) in [7, 11) is 1.68. The molecule has 0 saturated carbocycles. The maximum atomic E-state index is 13.5. The number of aromatic nitrogens is 4. The molecule has 0 spiro atoms. The van der Waals surface area contributed by atoms with Crippen molar-refractivity contribution in [3.8, 4) is 11.3 Å². The van der Waals surface area contributed by atoms with Crippen LogP contribution in [0, 0.1) is 5.82 Å². The van der Waals surface area contributed by atoms with E-state index < -0.39 is 0 Å². The van der Waals surface area contributed by atoms with E-state index in [4.69, 9.17) is 4.52 Å². The maximum absolute atomic E-state index is 13.5. The third-order valence-corrected chi connectivity index (χ3v) is 5.11. The molecule has 7 nitrogen and oxygen atoms in total. The Labute approximate surface area is 164 Å². The van der Waals surface area contributed by atoms with Crippen LogP contribution in [0.3, 0.4) is 0 Å². The number of rotatable bonds is 5. The Morgan fingerprint density at radius 2 is 2.18 bits per heavy atom. The highest BCUT2D eigenvalue weighted by Gasteiger charge is 2.21. The van der Waals surface area contributed by atoms with E-state index in [0.717, 1.165) is 0 Å². The molecule has 0 saturated heterocycles. The van der Waals surface area contributed by atoms with Crippen molar-refractivity contribution in [3.63, 3.8) is 0 Å². The molecule has 28 heavy (non-hydrogen) atoms. The Morgan fingerprint density at radius 3 is 2.89 bits per heavy atom. The Morgan fingerprint density at radius 1 is 1.36 bits per heavy atom. The van der Waals surface area contributed by atoms with E-state index in [2.05, 4.69) is 15.1 Å². The van der Waals surface area contributed by atoms with E-state index in [1.165, 1.54) is 28.4 Å². The molecule has 0 aliphatic rings. The molecule has 0 atom stereocenters. The Bertz CT molecular complexity index is 1150. The van der Waals surface area contributed by atoms with Crippen LogP contribution in [0.1, 0.15) is 42.0 Å². The standard InChI is InChI=1S/C19H18FN5O2S/c1-11(2)17-22-16(27-23-17)9-24(3)18(26)15-10-28-19-21-14(8-25(15)19)12-5-4-6-13(20)7-12/h4-8,10-11H,9H2,1-3H3. The van der Waals surface area contributed by atoms with Crippen LogP contribution >= 0.6 is 11.3 Å². The molecule has 144 valence electrons. The first-order valence-corrected chi connectivity index (χ1v) is 9.61. The first kappa shape index (κ1) is 18.3. The summed E-state index contributed by atoms with van der Waals surface area (Å²) in [5.41, 5.74) is 1.75. The number of thiazole rings is 1. The number of fused-ring (bicyclic) bond motifs is 1. The minimum Gasteiger partial charge on any atom is -0.337 e. The fraction of sp³-hybridized carbons (Fsp3) is 0.263. The molecule has 0 bridgehead atoms. The molecule has 1 aromatic carbocycles. The summed E-state index contributed by atoms with van der Waals surface area (Å²) >= 11 is 1.35. The van der Waals surface area contributed by atoms with Crippen LogP contribution in [0.25, 0.3) is 16.2 Å². The summed E-state index contributed by atoms with van der Waals surface area (Å²) in [5.74, 6) is 0.631. The second-order valence-electron chi connectivity index (χ2n) is 6.77. The van der Waals surface area contributed by atoms with Crippen LogP contribution < -0.4 is 0 Å². The van der Waals surface area contributed by atoms with Crippen LogP contribution in [-0.2, 0) is 6.54 Å². The molecule has 3 heterocycles. The van der Waals surface area contributed by atoms with Crippen LogP contribution in [0.4, 0.5) is 4.39 Å². The predicted octanol–water partition coefficient (Wildman–Crippen LogP) is 3.98. The van der Waals surface area contributed by atoms with Crippen molar-refractivity contribution in [2.45, 2.75) is 26.3 Å². The van der Waals surface area contributed by atoms with Crippen molar-refractivity contribution in [1.82, 2.24) is 24.4 Å². The van der Waals surface area contributed by atoms with Gasteiger partial charge in [-0.3, -0.25) is 9.20 Å². The molecule has 0 aliphatic carbocycles. The smallest absolute Gasteiger partial charge is 0.271 e. The van der Waals surface area contributed by atoms with Crippen molar-refractivity contribution >= 4 is 22.2 Å². The van der Waals surface area contributed by atoms with Gasteiger partial charge in [0.25, 0.3) is 5.91 Å². The Balaban J connectivity index is 1.58. The second-order valence-corrected chi connectivity index (χ2v) is 7.61. The van der Waals surface area contributed by atoms with E-state index >= 15 is 0 Å². The van der Waals surface area contributed by atoms with Crippen molar-refractivity contribution in [1.29, 1.82) is 0 Å². The third kappa shape index (κ3) is 3.40. The number of imidazole rings is 1. The number of carbonyl (C=O) groups is 1. The van der Waals surface area contributed by atoms with Crippen molar-refractivity contribution < 1.29 is 13.7 Å². The highest BCUT2D eigenvalue weighted by atomic mass is 32.1. The van der Waals surface area contributed by atoms with Gasteiger partial charge in [0.15, 0.2) is 10.8 Å². The molecular formula is C19H18FN5O2S. The molecule has 4 rings (SSSR count). The molecular weight excluding hydrogens is 381 g/mol. The number of amides is 1. The fourth-order valence-corrected chi connectivity index (χ4v) is 3.61. The van der Waals surface area contributed by atoms with Gasteiger partial charge in [-0.05, 0) is 12.1 Å². The van der Waals surface area contributed by atoms with Gasteiger partial charge in [-0.1, -0.05) is 31.1 Å². The van der Waals surface area contributed by atoms with E-state index in [1.807, 2.05) is 13.8 Å². The molecule has 0 unspecified atom stereocenters. The quantitative estimate of drug-likeness (QED) is 0.507. The van der Waals surface area contributed by atoms with E-state index in [-0.39, 0.29) is 24.2 Å². The van der Waals surface area contributed by atoms with Crippen LogP contribution in [0.2, 0.25) is 0 Å². The van der Waals surface area contributed by atoms with Gasteiger partial charge in [0.05, 0.1) is 5.69 Å². The lowest BCUT2D eigenvalue weighted by molar-refractivity contribution is 0.0763. The average molecular weight is 399 g/mol. The van der Waals surface area contributed by atoms with Gasteiger partial charge in [-0.2, -0.15) is 4.98 Å². The van der Waals surface area contributed by atoms with Crippen molar-refractivity contribution in [2.24, 2.45) is 0 Å². The second kappa shape index (κ2) is 7.16. The summed E-state index contributed by atoms with van der Waals surface area (Å²) in [4.78, 5) is 23.9. The largest absolute Gasteiger partial charge is 0.337 e. The highest BCUT2D eigenvalue weighted by Crippen LogP contribution is 2.25. The molecule has 0 aliphatic heterocycles. The van der Waals surface area contributed by atoms with Gasteiger partial charge in [0.2, 0.25) is 5.89 Å². The van der Waals surface area contributed by atoms with E-state index in [1.54, 1.807) is 35.2 Å². The normalized spacial score (nSPS) is 11.5. The molecule has 3 aromatic heterocycles. The number of hydrogen-bond acceptors (Lipinski definition) is 6. The van der Waals surface area contributed by atoms with Gasteiger partial charge >= 0.3 is 0 Å². The molecule has 4 aromatic rings. The monoisotopic (exact) mass is 399 g/mol. The van der Waals surface area contributed by atoms with Crippen LogP contribution in [0.15, 0.2) is 40.4 Å². The minimum absolute atomic E-state index is 0.155. The summed E-state index contributed by atoms with van der Waals surface area (Å²) in [6, 6.07) is 6.22. The lowest BCUT2D eigenvalue weighted by Gasteiger charge is -2.13. The third-order valence-electron chi connectivity index (χ3n) is 4.27. The van der Waals surface area contributed by atoms with Gasteiger partial charge in [-0.25, -0.2) is 9.37 Å². The SMILES string of the molecule is CC(C)c1noc(CN(C)C(=O)c2csc3nc(-c4cccc(F)c4)cn23)n1. The number of hydrogen-bond donors (Lipinski definition) is 0. The molecule has 0 radical (unpaired) electrons. The highest BCUT2D eigenvalue weighted by molar-refractivity contribution is 7.15. The summed E-state index contributed by atoms with van der Waals surface area (Å²) in [5, 5.41) is 5.67. The molecule has 0 fully saturated rings. The molecule has 9 heteroatoms. The lowest BCUT2D eigenvalue weighted by atomic mass is 10.2.